The van der Waals surface area contributed by atoms with Gasteiger partial charge in [-0.25, -0.2) is 4.72 Å². The number of hydrogen-bond donors (Lipinski definition) is 3. The maximum absolute atomic E-state index is 11.4. The maximum Gasteiger partial charge on any atom is 0.277 e. The van der Waals surface area contributed by atoms with Gasteiger partial charge in [-0.15, -0.1) is 0 Å². The lowest BCUT2D eigenvalue weighted by Gasteiger charge is -2.16. The number of nitrogens with two attached hydrogens (primary N) is 1. The van der Waals surface area contributed by atoms with E-state index in [1.165, 1.54) is 0 Å². The van der Waals surface area contributed by atoms with Crippen LogP contribution in [0.1, 0.15) is 27.2 Å². The Kier molecular flexibility index (Phi) is 6.26. The molecule has 0 rings (SSSR count). The monoisotopic (exact) mass is 223 g/mol. The van der Waals surface area contributed by atoms with Crippen molar-refractivity contribution >= 4 is 10.2 Å². The standard InChI is InChI=1S/C8H21N3O2S/c1-4-8(5-9)11-14(12,13)10-6-7(2)3/h7-8,10-11H,4-6,9H2,1-3H3. The number of rotatable bonds is 7. The molecule has 0 bridgehead atoms. The van der Waals surface area contributed by atoms with E-state index in [1.807, 2.05) is 20.8 Å². The van der Waals surface area contributed by atoms with Crippen molar-refractivity contribution < 1.29 is 8.42 Å². The van der Waals surface area contributed by atoms with E-state index < -0.39 is 10.2 Å². The van der Waals surface area contributed by atoms with Crippen LogP contribution < -0.4 is 15.2 Å². The lowest BCUT2D eigenvalue weighted by Crippen LogP contribution is -2.46. The first kappa shape index (κ1) is 13.8. The Bertz CT molecular complexity index is 235. The van der Waals surface area contributed by atoms with E-state index in [1.54, 1.807) is 0 Å². The van der Waals surface area contributed by atoms with Crippen molar-refractivity contribution in [3.8, 4) is 0 Å². The zero-order valence-corrected chi connectivity index (χ0v) is 9.89. The molecule has 0 saturated carbocycles. The van der Waals surface area contributed by atoms with Crippen molar-refractivity contribution in [2.75, 3.05) is 13.1 Å². The largest absolute Gasteiger partial charge is 0.329 e. The van der Waals surface area contributed by atoms with E-state index >= 15 is 0 Å². The fourth-order valence-electron chi connectivity index (χ4n) is 0.836. The molecule has 6 heteroatoms. The van der Waals surface area contributed by atoms with Gasteiger partial charge >= 0.3 is 0 Å². The molecule has 14 heavy (non-hydrogen) atoms. The molecule has 0 saturated heterocycles. The van der Waals surface area contributed by atoms with Crippen molar-refractivity contribution in [3.63, 3.8) is 0 Å². The van der Waals surface area contributed by atoms with E-state index in [2.05, 4.69) is 9.44 Å². The summed E-state index contributed by atoms with van der Waals surface area (Å²) in [6.07, 6.45) is 0.694. The second-order valence-corrected chi connectivity index (χ2v) is 5.24. The van der Waals surface area contributed by atoms with Crippen LogP contribution in [0.15, 0.2) is 0 Å². The predicted molar refractivity (Wildman–Crippen MR) is 58.0 cm³/mol. The molecule has 0 aliphatic rings. The third kappa shape index (κ3) is 6.31. The molecule has 0 radical (unpaired) electrons. The minimum Gasteiger partial charge on any atom is -0.329 e. The van der Waals surface area contributed by atoms with Crippen molar-refractivity contribution in [1.29, 1.82) is 0 Å². The summed E-state index contributed by atoms with van der Waals surface area (Å²) in [5, 5.41) is 0. The van der Waals surface area contributed by atoms with Gasteiger partial charge in [-0.2, -0.15) is 13.1 Å². The molecule has 0 heterocycles. The second kappa shape index (κ2) is 6.34. The van der Waals surface area contributed by atoms with Crippen LogP contribution in [-0.2, 0) is 10.2 Å². The Labute approximate surface area is 86.6 Å². The van der Waals surface area contributed by atoms with Crippen molar-refractivity contribution in [3.05, 3.63) is 0 Å². The first-order chi connectivity index (χ1) is 6.41. The highest BCUT2D eigenvalue weighted by atomic mass is 32.2. The Morgan fingerprint density at radius 1 is 1.36 bits per heavy atom. The van der Waals surface area contributed by atoms with E-state index in [9.17, 15) is 8.42 Å². The Morgan fingerprint density at radius 3 is 2.29 bits per heavy atom. The minimum absolute atomic E-state index is 0.181. The third-order valence-electron chi connectivity index (χ3n) is 1.78. The van der Waals surface area contributed by atoms with Gasteiger partial charge in [-0.3, -0.25) is 0 Å². The zero-order valence-electron chi connectivity index (χ0n) is 9.08. The lowest BCUT2D eigenvalue weighted by atomic mass is 10.2. The van der Waals surface area contributed by atoms with Gasteiger partial charge in [0, 0.05) is 19.1 Å². The molecule has 0 aromatic rings. The molecule has 4 N–H and O–H groups in total. The first-order valence-corrected chi connectivity index (χ1v) is 6.36. The van der Waals surface area contributed by atoms with Gasteiger partial charge in [-0.1, -0.05) is 20.8 Å². The Balaban J connectivity index is 4.06. The van der Waals surface area contributed by atoms with Crippen LogP contribution in [-0.4, -0.2) is 27.5 Å². The maximum atomic E-state index is 11.4. The van der Waals surface area contributed by atoms with Crippen LogP contribution >= 0.6 is 0 Å². The van der Waals surface area contributed by atoms with Crippen molar-refractivity contribution in [2.45, 2.75) is 33.2 Å². The summed E-state index contributed by atoms with van der Waals surface area (Å²) in [6, 6.07) is -0.181. The third-order valence-corrected chi connectivity index (χ3v) is 2.97. The van der Waals surface area contributed by atoms with E-state index in [0.29, 0.717) is 25.4 Å². The molecule has 0 spiro atoms. The van der Waals surface area contributed by atoms with Gasteiger partial charge in [0.05, 0.1) is 0 Å². The smallest absolute Gasteiger partial charge is 0.277 e. The van der Waals surface area contributed by atoms with Crippen LogP contribution in [0, 0.1) is 5.92 Å². The SMILES string of the molecule is CCC(CN)NS(=O)(=O)NCC(C)C. The van der Waals surface area contributed by atoms with Gasteiger partial charge in [0.1, 0.15) is 0 Å². The molecule has 86 valence electrons. The van der Waals surface area contributed by atoms with Gasteiger partial charge < -0.3 is 5.73 Å². The zero-order chi connectivity index (χ0) is 11.2. The molecule has 0 aliphatic carbocycles. The highest BCUT2D eigenvalue weighted by molar-refractivity contribution is 7.87. The summed E-state index contributed by atoms with van der Waals surface area (Å²) in [5.74, 6) is 0.296. The number of hydrogen-bond acceptors (Lipinski definition) is 3. The molecule has 0 aliphatic heterocycles. The predicted octanol–water partition coefficient (Wildman–Crippen LogP) is -0.196. The molecule has 0 amide bonds. The molecule has 1 atom stereocenters. The summed E-state index contributed by atoms with van der Waals surface area (Å²) < 4.78 is 27.7. The Hall–Kier alpha value is -0.170. The van der Waals surface area contributed by atoms with Gasteiger partial charge in [0.25, 0.3) is 10.2 Å². The molecule has 5 nitrogen and oxygen atoms in total. The highest BCUT2D eigenvalue weighted by Gasteiger charge is 2.14. The molecular formula is C8H21N3O2S. The average Bonchev–Trinajstić information content (AvgIpc) is 2.11. The molecular weight excluding hydrogens is 202 g/mol. The first-order valence-electron chi connectivity index (χ1n) is 4.88. The quantitative estimate of drug-likeness (QED) is 0.559. The van der Waals surface area contributed by atoms with Crippen LogP contribution in [0.25, 0.3) is 0 Å². The van der Waals surface area contributed by atoms with Gasteiger partial charge in [0.15, 0.2) is 0 Å². The van der Waals surface area contributed by atoms with Crippen molar-refractivity contribution in [1.82, 2.24) is 9.44 Å². The van der Waals surface area contributed by atoms with Gasteiger partial charge in [0.2, 0.25) is 0 Å². The summed E-state index contributed by atoms with van der Waals surface area (Å²) in [5.41, 5.74) is 5.39. The molecule has 0 aromatic carbocycles. The summed E-state index contributed by atoms with van der Waals surface area (Å²) in [6.45, 7) is 6.55. The van der Waals surface area contributed by atoms with Crippen LogP contribution in [0.5, 0.6) is 0 Å². The minimum atomic E-state index is -3.38. The average molecular weight is 223 g/mol. The van der Waals surface area contributed by atoms with E-state index in [0.717, 1.165) is 0 Å². The highest BCUT2D eigenvalue weighted by Crippen LogP contribution is 1.93. The fraction of sp³-hybridized carbons (Fsp3) is 1.00. The van der Waals surface area contributed by atoms with Crippen molar-refractivity contribution in [2.24, 2.45) is 11.7 Å². The molecule has 0 fully saturated rings. The van der Waals surface area contributed by atoms with E-state index in [-0.39, 0.29) is 6.04 Å². The summed E-state index contributed by atoms with van der Waals surface area (Å²) in [7, 11) is -3.38. The lowest BCUT2D eigenvalue weighted by molar-refractivity contribution is 0.519. The summed E-state index contributed by atoms with van der Waals surface area (Å²) in [4.78, 5) is 0. The van der Waals surface area contributed by atoms with Crippen LogP contribution in [0.4, 0.5) is 0 Å². The topological polar surface area (TPSA) is 84.2 Å². The second-order valence-electron chi connectivity index (χ2n) is 3.70. The normalized spacial score (nSPS) is 14.6. The van der Waals surface area contributed by atoms with Gasteiger partial charge in [-0.05, 0) is 12.3 Å². The van der Waals surface area contributed by atoms with E-state index in [4.69, 9.17) is 5.73 Å². The number of nitrogens with one attached hydrogen (secondary N) is 2. The molecule has 1 unspecified atom stereocenters. The Morgan fingerprint density at radius 2 is 1.93 bits per heavy atom. The molecule has 0 aromatic heterocycles. The van der Waals surface area contributed by atoms with Crippen LogP contribution in [0.3, 0.4) is 0 Å². The van der Waals surface area contributed by atoms with Crippen LogP contribution in [0.2, 0.25) is 0 Å². The summed E-state index contributed by atoms with van der Waals surface area (Å²) >= 11 is 0. The fourth-order valence-corrected chi connectivity index (χ4v) is 2.17.